The highest BCUT2D eigenvalue weighted by molar-refractivity contribution is 5.71. The van der Waals surface area contributed by atoms with Crippen LogP contribution in [-0.2, 0) is 28.6 Å². The van der Waals surface area contributed by atoms with Crippen molar-refractivity contribution in [1.82, 2.24) is 0 Å². The summed E-state index contributed by atoms with van der Waals surface area (Å²) >= 11 is 0. The van der Waals surface area contributed by atoms with Gasteiger partial charge >= 0.3 is 17.9 Å². The van der Waals surface area contributed by atoms with Crippen LogP contribution in [0.25, 0.3) is 0 Å². The number of carbonyl (C=O) groups excluding carboxylic acids is 3. The molecular weight excluding hydrogens is 913 g/mol. The van der Waals surface area contributed by atoms with Gasteiger partial charge in [0.1, 0.15) is 13.2 Å². The van der Waals surface area contributed by atoms with Gasteiger partial charge in [-0.1, -0.05) is 320 Å². The molecule has 0 aliphatic heterocycles. The van der Waals surface area contributed by atoms with Crippen LogP contribution in [-0.4, -0.2) is 37.2 Å². The molecule has 0 aliphatic rings. The monoisotopic (exact) mass is 1040 g/mol. The number of hydrogen-bond donors (Lipinski definition) is 0. The zero-order chi connectivity index (χ0) is 53.6. The summed E-state index contributed by atoms with van der Waals surface area (Å²) in [5.74, 6) is -0.847. The number of hydrogen-bond acceptors (Lipinski definition) is 6. The van der Waals surface area contributed by atoms with E-state index in [0.717, 1.165) is 83.5 Å². The van der Waals surface area contributed by atoms with Crippen molar-refractivity contribution in [1.29, 1.82) is 0 Å². The van der Waals surface area contributed by atoms with Crippen LogP contribution in [0.3, 0.4) is 0 Å². The van der Waals surface area contributed by atoms with Crippen LogP contribution in [0.2, 0.25) is 0 Å². The molecule has 0 radical (unpaired) electrons. The number of rotatable bonds is 60. The molecular formula is C68H124O6. The van der Waals surface area contributed by atoms with E-state index in [1.54, 1.807) is 0 Å². The molecule has 6 heteroatoms. The van der Waals surface area contributed by atoms with Crippen molar-refractivity contribution in [2.24, 2.45) is 0 Å². The van der Waals surface area contributed by atoms with E-state index in [-0.39, 0.29) is 31.1 Å². The Bertz CT molecular complexity index is 1280. The van der Waals surface area contributed by atoms with Gasteiger partial charge in [-0.05, 0) is 57.8 Å². The predicted octanol–water partition coefficient (Wildman–Crippen LogP) is 22.2. The highest BCUT2D eigenvalue weighted by atomic mass is 16.6. The first-order chi connectivity index (χ1) is 36.5. The van der Waals surface area contributed by atoms with E-state index in [9.17, 15) is 14.4 Å². The molecule has 1 unspecified atom stereocenters. The molecule has 0 aliphatic carbocycles. The largest absolute Gasteiger partial charge is 0.462 e. The van der Waals surface area contributed by atoms with Crippen molar-refractivity contribution in [2.45, 2.75) is 354 Å². The minimum Gasteiger partial charge on any atom is -0.462 e. The van der Waals surface area contributed by atoms with Crippen molar-refractivity contribution < 1.29 is 28.6 Å². The fraction of sp³-hybridized carbons (Fsp3) is 0.838. The lowest BCUT2D eigenvalue weighted by Crippen LogP contribution is -2.30. The highest BCUT2D eigenvalue weighted by Crippen LogP contribution is 2.18. The second kappa shape index (κ2) is 62.9. The zero-order valence-corrected chi connectivity index (χ0v) is 49.6. The minimum atomic E-state index is -0.764. The standard InChI is InChI=1S/C68H124O6/c1-4-7-10-13-16-19-21-23-24-25-26-27-28-29-30-31-32-33-34-35-36-37-38-39-40-41-42-43-44-45-47-49-52-55-58-61-67(70)73-64-65(63-72-66(69)60-57-54-51-48-18-15-12-9-6-3)74-68(71)62-59-56-53-50-46-22-20-17-14-11-8-5-2/h7,10,16,19,23-24,26-27,65H,4-6,8-9,11-15,17-18,20-22,25,28-64H2,1-3H3/b10-7-,19-16-,24-23-,27-26-. The van der Waals surface area contributed by atoms with Gasteiger partial charge in [0.05, 0.1) is 0 Å². The third kappa shape index (κ3) is 60.2. The normalized spacial score (nSPS) is 12.3. The van der Waals surface area contributed by atoms with Gasteiger partial charge in [-0.15, -0.1) is 0 Å². The third-order valence-corrected chi connectivity index (χ3v) is 14.6. The average Bonchev–Trinajstić information content (AvgIpc) is 3.40. The maximum Gasteiger partial charge on any atom is 0.306 e. The van der Waals surface area contributed by atoms with Gasteiger partial charge < -0.3 is 14.2 Å². The molecule has 74 heavy (non-hydrogen) atoms. The molecule has 6 nitrogen and oxygen atoms in total. The number of esters is 3. The first-order valence-electron chi connectivity index (χ1n) is 32.6. The van der Waals surface area contributed by atoms with E-state index in [4.69, 9.17) is 14.2 Å². The van der Waals surface area contributed by atoms with Gasteiger partial charge in [-0.3, -0.25) is 14.4 Å². The lowest BCUT2D eigenvalue weighted by atomic mass is 10.0. The van der Waals surface area contributed by atoms with Gasteiger partial charge in [0.15, 0.2) is 6.10 Å². The fourth-order valence-corrected chi connectivity index (χ4v) is 9.73. The van der Waals surface area contributed by atoms with E-state index in [0.29, 0.717) is 19.3 Å². The lowest BCUT2D eigenvalue weighted by Gasteiger charge is -2.18. The molecule has 0 N–H and O–H groups in total. The summed E-state index contributed by atoms with van der Waals surface area (Å²) in [7, 11) is 0. The zero-order valence-electron chi connectivity index (χ0n) is 49.6. The van der Waals surface area contributed by atoms with Crippen LogP contribution in [0.1, 0.15) is 348 Å². The summed E-state index contributed by atoms with van der Waals surface area (Å²) in [6.07, 6.45) is 78.7. The van der Waals surface area contributed by atoms with E-state index in [1.807, 2.05) is 0 Å². The molecule has 0 rings (SSSR count). The topological polar surface area (TPSA) is 78.9 Å². The van der Waals surface area contributed by atoms with Gasteiger partial charge in [0.25, 0.3) is 0 Å². The molecule has 432 valence electrons. The maximum absolute atomic E-state index is 12.8. The number of unbranched alkanes of at least 4 members (excludes halogenated alkanes) is 41. The Morgan fingerprint density at radius 2 is 0.527 bits per heavy atom. The van der Waals surface area contributed by atoms with Crippen LogP contribution in [0.5, 0.6) is 0 Å². The van der Waals surface area contributed by atoms with Gasteiger partial charge in [0, 0.05) is 19.3 Å². The molecule has 0 bridgehead atoms. The van der Waals surface area contributed by atoms with Crippen LogP contribution in [0, 0.1) is 0 Å². The summed E-state index contributed by atoms with van der Waals surface area (Å²) in [6.45, 7) is 6.55. The van der Waals surface area contributed by atoms with Gasteiger partial charge in [0.2, 0.25) is 0 Å². The average molecular weight is 1040 g/mol. The Morgan fingerprint density at radius 3 is 0.824 bits per heavy atom. The smallest absolute Gasteiger partial charge is 0.306 e. The second-order valence-electron chi connectivity index (χ2n) is 22.0. The van der Waals surface area contributed by atoms with Crippen LogP contribution in [0.4, 0.5) is 0 Å². The number of carbonyl (C=O) groups is 3. The quantitative estimate of drug-likeness (QED) is 0.0261. The third-order valence-electron chi connectivity index (χ3n) is 14.6. The first-order valence-corrected chi connectivity index (χ1v) is 32.6. The fourth-order valence-electron chi connectivity index (χ4n) is 9.73. The van der Waals surface area contributed by atoms with E-state index in [2.05, 4.69) is 69.4 Å². The molecule has 0 aromatic carbocycles. The molecule has 0 amide bonds. The number of allylic oxidation sites excluding steroid dienone is 8. The predicted molar refractivity (Wildman–Crippen MR) is 321 cm³/mol. The van der Waals surface area contributed by atoms with Crippen molar-refractivity contribution in [3.05, 3.63) is 48.6 Å². The van der Waals surface area contributed by atoms with Crippen LogP contribution in [0.15, 0.2) is 48.6 Å². The van der Waals surface area contributed by atoms with Crippen molar-refractivity contribution >= 4 is 17.9 Å². The summed E-state index contributed by atoms with van der Waals surface area (Å²) < 4.78 is 16.8. The maximum atomic E-state index is 12.8. The Kier molecular flexibility index (Phi) is 60.7. The number of ether oxygens (including phenoxy) is 3. The molecule has 1 atom stereocenters. The lowest BCUT2D eigenvalue weighted by molar-refractivity contribution is -0.167. The second-order valence-corrected chi connectivity index (χ2v) is 22.0. The Labute approximate surface area is 460 Å². The van der Waals surface area contributed by atoms with Gasteiger partial charge in [-0.25, -0.2) is 0 Å². The molecule has 0 fully saturated rings. The molecule has 0 heterocycles. The van der Waals surface area contributed by atoms with Crippen molar-refractivity contribution in [2.75, 3.05) is 13.2 Å². The van der Waals surface area contributed by atoms with Crippen LogP contribution >= 0.6 is 0 Å². The Hall–Kier alpha value is -2.63. The Morgan fingerprint density at radius 1 is 0.284 bits per heavy atom. The van der Waals surface area contributed by atoms with E-state index >= 15 is 0 Å². The van der Waals surface area contributed by atoms with Crippen molar-refractivity contribution in [3.8, 4) is 0 Å². The van der Waals surface area contributed by atoms with Crippen LogP contribution < -0.4 is 0 Å². The molecule has 0 saturated carbocycles. The summed E-state index contributed by atoms with van der Waals surface area (Å²) in [4.78, 5) is 38.0. The molecule has 0 spiro atoms. The SMILES string of the molecule is CC/C=C\C/C=C\C/C=C\C/C=C\CCCCCCCCCCCCCCCCCCCCCCCCC(=O)OCC(COC(=O)CCCCCCCCCCC)OC(=O)CCCCCCCCCCCCCC. The summed E-state index contributed by atoms with van der Waals surface area (Å²) in [6, 6.07) is 0. The van der Waals surface area contributed by atoms with Crippen molar-refractivity contribution in [3.63, 3.8) is 0 Å². The highest BCUT2D eigenvalue weighted by Gasteiger charge is 2.19. The molecule has 0 aromatic rings. The molecule has 0 aromatic heterocycles. The Balaban J connectivity index is 3.93. The minimum absolute atomic E-state index is 0.0653. The summed E-state index contributed by atoms with van der Waals surface area (Å²) in [5.41, 5.74) is 0. The summed E-state index contributed by atoms with van der Waals surface area (Å²) in [5, 5.41) is 0. The molecule has 0 saturated heterocycles. The van der Waals surface area contributed by atoms with E-state index in [1.165, 1.54) is 225 Å². The van der Waals surface area contributed by atoms with Gasteiger partial charge in [-0.2, -0.15) is 0 Å². The van der Waals surface area contributed by atoms with E-state index < -0.39 is 6.10 Å². The first kappa shape index (κ1) is 71.4.